The maximum atomic E-state index is 9.36. The van der Waals surface area contributed by atoms with E-state index >= 15 is 0 Å². The fourth-order valence-electron chi connectivity index (χ4n) is 2.88. The minimum atomic E-state index is 0.111. The van der Waals surface area contributed by atoms with Crippen LogP contribution in [0.1, 0.15) is 42.5 Å². The van der Waals surface area contributed by atoms with Gasteiger partial charge < -0.3 is 10.0 Å². The highest BCUT2D eigenvalue weighted by atomic mass is 16.3. The standard InChI is InChI=1S/C15H19N3O/c16-10-12-9-11-3-1-2-4-14(11)17-15(12)18(7-8-19)13-5-6-13/h9,13,19H,1-8H2. The summed E-state index contributed by atoms with van der Waals surface area (Å²) in [4.78, 5) is 6.88. The molecular weight excluding hydrogens is 238 g/mol. The third-order valence-corrected chi connectivity index (χ3v) is 4.00. The number of nitrogens with zero attached hydrogens (tertiary/aromatic N) is 3. The van der Waals surface area contributed by atoms with Gasteiger partial charge in [-0.15, -0.1) is 0 Å². The monoisotopic (exact) mass is 257 g/mol. The van der Waals surface area contributed by atoms with Gasteiger partial charge in [-0.1, -0.05) is 0 Å². The maximum absolute atomic E-state index is 9.36. The van der Waals surface area contributed by atoms with Crippen molar-refractivity contribution in [2.45, 2.75) is 44.6 Å². The molecule has 0 amide bonds. The minimum Gasteiger partial charge on any atom is -0.395 e. The van der Waals surface area contributed by atoms with Crippen LogP contribution in [0.5, 0.6) is 0 Å². The van der Waals surface area contributed by atoms with Crippen molar-refractivity contribution in [3.63, 3.8) is 0 Å². The summed E-state index contributed by atoms with van der Waals surface area (Å²) in [5.41, 5.74) is 3.07. The molecule has 2 aliphatic carbocycles. The van der Waals surface area contributed by atoms with Crippen LogP contribution in [0, 0.1) is 11.3 Å². The van der Waals surface area contributed by atoms with Gasteiger partial charge in [0.2, 0.25) is 0 Å². The summed E-state index contributed by atoms with van der Waals surface area (Å²) in [5, 5.41) is 18.6. The predicted octanol–water partition coefficient (Wildman–Crippen LogP) is 1.79. The minimum absolute atomic E-state index is 0.111. The molecular formula is C15H19N3O. The molecule has 1 saturated carbocycles. The molecule has 1 fully saturated rings. The van der Waals surface area contributed by atoms with Crippen LogP contribution in [0.15, 0.2) is 6.07 Å². The number of hydrogen-bond donors (Lipinski definition) is 1. The van der Waals surface area contributed by atoms with Gasteiger partial charge in [0.05, 0.1) is 12.2 Å². The molecule has 0 aromatic carbocycles. The van der Waals surface area contributed by atoms with E-state index in [0.29, 0.717) is 18.2 Å². The zero-order chi connectivity index (χ0) is 13.2. The summed E-state index contributed by atoms with van der Waals surface area (Å²) in [6, 6.07) is 4.76. The lowest BCUT2D eigenvalue weighted by atomic mass is 9.95. The van der Waals surface area contributed by atoms with Crippen molar-refractivity contribution in [2.24, 2.45) is 0 Å². The van der Waals surface area contributed by atoms with E-state index in [9.17, 15) is 10.4 Å². The Balaban J connectivity index is 2.00. The van der Waals surface area contributed by atoms with Crippen LogP contribution in [-0.2, 0) is 12.8 Å². The van der Waals surface area contributed by atoms with E-state index in [-0.39, 0.29) is 6.61 Å². The smallest absolute Gasteiger partial charge is 0.147 e. The highest BCUT2D eigenvalue weighted by Gasteiger charge is 2.31. The van der Waals surface area contributed by atoms with Crippen LogP contribution >= 0.6 is 0 Å². The quantitative estimate of drug-likeness (QED) is 0.893. The number of aromatic nitrogens is 1. The molecule has 100 valence electrons. The van der Waals surface area contributed by atoms with Crippen LogP contribution in [0.25, 0.3) is 0 Å². The van der Waals surface area contributed by atoms with Crippen LogP contribution < -0.4 is 4.90 Å². The Hall–Kier alpha value is -1.60. The molecule has 0 unspecified atom stereocenters. The van der Waals surface area contributed by atoms with Crippen molar-refractivity contribution in [1.29, 1.82) is 5.26 Å². The van der Waals surface area contributed by atoms with E-state index in [4.69, 9.17) is 4.98 Å². The van der Waals surface area contributed by atoms with Crippen LogP contribution in [0.2, 0.25) is 0 Å². The summed E-state index contributed by atoms with van der Waals surface area (Å²) in [6.07, 6.45) is 6.73. The molecule has 1 N–H and O–H groups in total. The molecule has 0 aliphatic heterocycles. The fraction of sp³-hybridized carbons (Fsp3) is 0.600. The lowest BCUT2D eigenvalue weighted by molar-refractivity contribution is 0.301. The lowest BCUT2D eigenvalue weighted by Crippen LogP contribution is -2.31. The summed E-state index contributed by atoms with van der Waals surface area (Å²) >= 11 is 0. The Morgan fingerprint density at radius 1 is 1.37 bits per heavy atom. The number of rotatable bonds is 4. The van der Waals surface area contributed by atoms with Gasteiger partial charge in [-0.25, -0.2) is 4.98 Å². The molecule has 0 saturated heterocycles. The second-order valence-corrected chi connectivity index (χ2v) is 5.43. The van der Waals surface area contributed by atoms with Crippen molar-refractivity contribution >= 4 is 5.82 Å². The molecule has 4 nitrogen and oxygen atoms in total. The molecule has 2 aliphatic rings. The van der Waals surface area contributed by atoms with Crippen LogP contribution in [0.4, 0.5) is 5.82 Å². The molecule has 3 rings (SSSR count). The second-order valence-electron chi connectivity index (χ2n) is 5.43. The Bertz CT molecular complexity index is 517. The van der Waals surface area contributed by atoms with Gasteiger partial charge in [-0.2, -0.15) is 5.26 Å². The predicted molar refractivity (Wildman–Crippen MR) is 73.0 cm³/mol. The number of hydrogen-bond acceptors (Lipinski definition) is 4. The molecule has 1 heterocycles. The number of aliphatic hydroxyl groups excluding tert-OH is 1. The third-order valence-electron chi connectivity index (χ3n) is 4.00. The molecule has 0 bridgehead atoms. The van der Waals surface area contributed by atoms with Gasteiger partial charge in [0.15, 0.2) is 0 Å². The zero-order valence-corrected chi connectivity index (χ0v) is 11.1. The Labute approximate surface area is 113 Å². The van der Waals surface area contributed by atoms with Crippen molar-refractivity contribution in [3.8, 4) is 6.07 Å². The number of aliphatic hydroxyl groups is 1. The number of pyridine rings is 1. The lowest BCUT2D eigenvalue weighted by Gasteiger charge is -2.26. The Kier molecular flexibility index (Phi) is 3.39. The fourth-order valence-corrected chi connectivity index (χ4v) is 2.88. The van der Waals surface area contributed by atoms with Gasteiger partial charge in [0, 0.05) is 18.3 Å². The van der Waals surface area contributed by atoms with E-state index in [1.165, 1.54) is 18.4 Å². The van der Waals surface area contributed by atoms with Crippen molar-refractivity contribution in [3.05, 3.63) is 22.9 Å². The van der Waals surface area contributed by atoms with Gasteiger partial charge in [0.1, 0.15) is 11.9 Å². The molecule has 19 heavy (non-hydrogen) atoms. The molecule has 0 atom stereocenters. The highest BCUT2D eigenvalue weighted by Crippen LogP contribution is 2.34. The van der Waals surface area contributed by atoms with E-state index < -0.39 is 0 Å². The molecule has 1 aromatic rings. The first-order chi connectivity index (χ1) is 9.33. The zero-order valence-electron chi connectivity index (χ0n) is 11.1. The maximum Gasteiger partial charge on any atom is 0.147 e. The number of aryl methyl sites for hydroxylation is 2. The Morgan fingerprint density at radius 2 is 2.16 bits per heavy atom. The SMILES string of the molecule is N#Cc1cc2c(nc1N(CCO)C1CC1)CCCC2. The van der Waals surface area contributed by atoms with Gasteiger partial charge >= 0.3 is 0 Å². The summed E-state index contributed by atoms with van der Waals surface area (Å²) < 4.78 is 0. The average molecular weight is 257 g/mol. The summed E-state index contributed by atoms with van der Waals surface area (Å²) in [7, 11) is 0. The van der Waals surface area contributed by atoms with Crippen LogP contribution in [-0.4, -0.2) is 29.3 Å². The molecule has 0 spiro atoms. The third kappa shape index (κ3) is 2.43. The van der Waals surface area contributed by atoms with E-state index in [2.05, 4.69) is 11.0 Å². The first kappa shape index (κ1) is 12.4. The molecule has 1 aromatic heterocycles. The Morgan fingerprint density at radius 3 is 2.84 bits per heavy atom. The normalized spacial score (nSPS) is 17.7. The van der Waals surface area contributed by atoms with Crippen LogP contribution in [0.3, 0.4) is 0 Å². The second kappa shape index (κ2) is 5.18. The average Bonchev–Trinajstić information content (AvgIpc) is 3.28. The summed E-state index contributed by atoms with van der Waals surface area (Å²) in [5.74, 6) is 0.791. The first-order valence-corrected chi connectivity index (χ1v) is 7.14. The van der Waals surface area contributed by atoms with Gasteiger partial charge in [-0.3, -0.25) is 0 Å². The first-order valence-electron chi connectivity index (χ1n) is 7.14. The van der Waals surface area contributed by atoms with Gasteiger partial charge in [0.25, 0.3) is 0 Å². The van der Waals surface area contributed by atoms with Gasteiger partial charge in [-0.05, 0) is 50.2 Å². The number of fused-ring (bicyclic) bond motifs is 1. The van der Waals surface area contributed by atoms with Crippen molar-refractivity contribution < 1.29 is 5.11 Å². The van der Waals surface area contributed by atoms with E-state index in [0.717, 1.165) is 37.2 Å². The largest absolute Gasteiger partial charge is 0.395 e. The molecule has 4 heteroatoms. The van der Waals surface area contributed by atoms with E-state index in [1.54, 1.807) is 0 Å². The highest BCUT2D eigenvalue weighted by molar-refractivity contribution is 5.57. The van der Waals surface area contributed by atoms with E-state index in [1.807, 2.05) is 6.07 Å². The van der Waals surface area contributed by atoms with Crippen molar-refractivity contribution in [2.75, 3.05) is 18.1 Å². The summed E-state index contributed by atoms with van der Waals surface area (Å²) in [6.45, 7) is 0.686. The topological polar surface area (TPSA) is 60.2 Å². The number of anilines is 1. The molecule has 0 radical (unpaired) electrons. The van der Waals surface area contributed by atoms with Crippen molar-refractivity contribution in [1.82, 2.24) is 4.98 Å². The number of nitriles is 1.